The largest absolute Gasteiger partial charge is 0.361 e. The molecule has 0 unspecified atom stereocenters. The van der Waals surface area contributed by atoms with E-state index < -0.39 is 0 Å². The molecule has 0 bridgehead atoms. The van der Waals surface area contributed by atoms with Crippen LogP contribution in [0.4, 0.5) is 4.39 Å². The van der Waals surface area contributed by atoms with E-state index in [1.807, 2.05) is 24.4 Å². The molecular weight excluding hydrogens is 307 g/mol. The lowest BCUT2D eigenvalue weighted by molar-refractivity contribution is 0.0950. The molecule has 3 heterocycles. The normalized spacial score (nSPS) is 11.2. The lowest BCUT2D eigenvalue weighted by Gasteiger charge is -2.02. The van der Waals surface area contributed by atoms with Crippen LogP contribution in [0, 0.1) is 5.82 Å². The Balaban J connectivity index is 1.44. The highest BCUT2D eigenvalue weighted by atomic mass is 19.1. The van der Waals surface area contributed by atoms with Gasteiger partial charge in [0.15, 0.2) is 0 Å². The van der Waals surface area contributed by atoms with Crippen molar-refractivity contribution >= 4 is 22.5 Å². The molecule has 0 spiro atoms. The monoisotopic (exact) mass is 322 g/mol. The molecule has 6 heteroatoms. The second-order valence-electron chi connectivity index (χ2n) is 5.60. The van der Waals surface area contributed by atoms with Crippen LogP contribution in [0.2, 0.25) is 0 Å². The van der Waals surface area contributed by atoms with E-state index >= 15 is 0 Å². The summed E-state index contributed by atoms with van der Waals surface area (Å²) >= 11 is 0. The van der Waals surface area contributed by atoms with Crippen molar-refractivity contribution in [1.82, 2.24) is 19.7 Å². The van der Waals surface area contributed by atoms with E-state index in [1.165, 1.54) is 28.9 Å². The summed E-state index contributed by atoms with van der Waals surface area (Å²) in [6.45, 7) is 0.503. The minimum absolute atomic E-state index is 0.265. The predicted octanol–water partition coefficient (Wildman–Crippen LogP) is 2.93. The molecule has 120 valence electrons. The number of H-pyrrole nitrogens is 1. The predicted molar refractivity (Wildman–Crippen MR) is 89.5 cm³/mol. The van der Waals surface area contributed by atoms with Gasteiger partial charge in [0.2, 0.25) is 0 Å². The van der Waals surface area contributed by atoms with Crippen LogP contribution in [0.3, 0.4) is 0 Å². The summed E-state index contributed by atoms with van der Waals surface area (Å²) in [7, 11) is 0. The Morgan fingerprint density at radius 2 is 2.08 bits per heavy atom. The molecule has 3 aromatic heterocycles. The van der Waals surface area contributed by atoms with E-state index in [0.29, 0.717) is 12.2 Å². The summed E-state index contributed by atoms with van der Waals surface area (Å²) < 4.78 is 14.7. The number of halogens is 1. The van der Waals surface area contributed by atoms with Crippen molar-refractivity contribution < 1.29 is 9.18 Å². The number of rotatable bonds is 4. The highest BCUT2D eigenvalue weighted by Crippen LogP contribution is 2.17. The Morgan fingerprint density at radius 1 is 1.21 bits per heavy atom. The van der Waals surface area contributed by atoms with Crippen LogP contribution in [0.15, 0.2) is 55.0 Å². The first kappa shape index (κ1) is 14.4. The first-order valence-electron chi connectivity index (χ1n) is 7.68. The van der Waals surface area contributed by atoms with Crippen LogP contribution in [0.1, 0.15) is 16.1 Å². The number of nitrogens with one attached hydrogen (secondary N) is 2. The van der Waals surface area contributed by atoms with Crippen molar-refractivity contribution in [1.29, 1.82) is 0 Å². The maximum atomic E-state index is 13.2. The molecule has 1 aromatic carbocycles. The number of hydrogen-bond acceptors (Lipinski definition) is 2. The fourth-order valence-corrected chi connectivity index (χ4v) is 2.81. The Labute approximate surface area is 137 Å². The van der Waals surface area contributed by atoms with Crippen molar-refractivity contribution in [2.45, 2.75) is 6.42 Å². The van der Waals surface area contributed by atoms with E-state index in [2.05, 4.69) is 21.4 Å². The van der Waals surface area contributed by atoms with E-state index in [9.17, 15) is 9.18 Å². The molecule has 2 N–H and O–H groups in total. The van der Waals surface area contributed by atoms with Gasteiger partial charge in [0.1, 0.15) is 17.2 Å². The molecular formula is C18H15FN4O. The van der Waals surface area contributed by atoms with Crippen LogP contribution in [-0.4, -0.2) is 26.8 Å². The van der Waals surface area contributed by atoms with Gasteiger partial charge in [-0.25, -0.2) is 9.37 Å². The number of fused-ring (bicyclic) bond motifs is 2. The van der Waals surface area contributed by atoms with Crippen molar-refractivity contribution in [2.75, 3.05) is 6.54 Å². The van der Waals surface area contributed by atoms with E-state index in [0.717, 1.165) is 22.9 Å². The number of amides is 1. The third-order valence-electron chi connectivity index (χ3n) is 4.00. The number of pyridine rings is 1. The third kappa shape index (κ3) is 2.62. The molecule has 0 atom stereocenters. The fraction of sp³-hybridized carbons (Fsp3) is 0.111. The Kier molecular flexibility index (Phi) is 3.49. The van der Waals surface area contributed by atoms with Crippen LogP contribution in [0.25, 0.3) is 16.6 Å². The topological polar surface area (TPSA) is 62.2 Å². The molecule has 0 aliphatic heterocycles. The van der Waals surface area contributed by atoms with Gasteiger partial charge in [-0.15, -0.1) is 0 Å². The van der Waals surface area contributed by atoms with Crippen LogP contribution < -0.4 is 5.32 Å². The number of benzene rings is 1. The van der Waals surface area contributed by atoms with Gasteiger partial charge < -0.3 is 14.7 Å². The fourth-order valence-electron chi connectivity index (χ4n) is 2.81. The summed E-state index contributed by atoms with van der Waals surface area (Å²) in [5.41, 5.74) is 3.06. The number of para-hydroxylation sites is 1. The van der Waals surface area contributed by atoms with E-state index in [1.54, 1.807) is 0 Å². The zero-order valence-corrected chi connectivity index (χ0v) is 12.8. The molecule has 24 heavy (non-hydrogen) atoms. The number of imidazole rings is 1. The second kappa shape index (κ2) is 5.81. The highest BCUT2D eigenvalue weighted by molar-refractivity contribution is 5.93. The van der Waals surface area contributed by atoms with E-state index in [4.69, 9.17) is 0 Å². The molecule has 0 aliphatic carbocycles. The van der Waals surface area contributed by atoms with Gasteiger partial charge in [-0.2, -0.15) is 0 Å². The molecule has 4 aromatic rings. The van der Waals surface area contributed by atoms with Crippen LogP contribution >= 0.6 is 0 Å². The first-order chi connectivity index (χ1) is 11.7. The lowest BCUT2D eigenvalue weighted by atomic mass is 10.1. The standard InChI is InChI=1S/C18H15FN4O/c19-13-5-6-17-22-16(11-23(17)10-13)18(24)20-8-7-12-9-21-15-4-2-1-3-14(12)15/h1-6,9-11,21H,7-8H2,(H,20,24). The summed E-state index contributed by atoms with van der Waals surface area (Å²) in [6, 6.07) is 10.9. The van der Waals surface area contributed by atoms with Gasteiger partial charge in [-0.1, -0.05) is 18.2 Å². The summed E-state index contributed by atoms with van der Waals surface area (Å²) in [6.07, 6.45) is 5.51. The van der Waals surface area contributed by atoms with Crippen LogP contribution in [-0.2, 0) is 6.42 Å². The SMILES string of the molecule is O=C(NCCc1c[nH]c2ccccc12)c1cn2cc(F)ccc2n1. The maximum Gasteiger partial charge on any atom is 0.271 e. The number of hydrogen-bond donors (Lipinski definition) is 2. The molecule has 0 saturated carbocycles. The molecule has 0 fully saturated rings. The average molecular weight is 322 g/mol. The Hall–Kier alpha value is -3.15. The highest BCUT2D eigenvalue weighted by Gasteiger charge is 2.11. The summed E-state index contributed by atoms with van der Waals surface area (Å²) in [5, 5.41) is 4.02. The molecule has 4 rings (SSSR count). The number of carbonyl (C=O) groups excluding carboxylic acids is 1. The van der Waals surface area contributed by atoms with Crippen molar-refractivity contribution in [3.05, 3.63) is 72.1 Å². The van der Waals surface area contributed by atoms with Gasteiger partial charge in [0.25, 0.3) is 5.91 Å². The number of nitrogens with zero attached hydrogens (tertiary/aromatic N) is 2. The Bertz CT molecular complexity index is 1030. The Morgan fingerprint density at radius 3 is 3.00 bits per heavy atom. The van der Waals surface area contributed by atoms with Crippen molar-refractivity contribution in [3.8, 4) is 0 Å². The van der Waals surface area contributed by atoms with Gasteiger partial charge in [-0.3, -0.25) is 4.79 Å². The molecule has 0 aliphatic rings. The smallest absolute Gasteiger partial charge is 0.271 e. The molecule has 1 amide bonds. The molecule has 5 nitrogen and oxygen atoms in total. The minimum Gasteiger partial charge on any atom is -0.361 e. The van der Waals surface area contributed by atoms with Gasteiger partial charge in [0, 0.05) is 36.0 Å². The molecule has 0 saturated heterocycles. The van der Waals surface area contributed by atoms with Gasteiger partial charge >= 0.3 is 0 Å². The molecule has 0 radical (unpaired) electrons. The number of carbonyl (C=O) groups is 1. The van der Waals surface area contributed by atoms with Crippen molar-refractivity contribution in [3.63, 3.8) is 0 Å². The number of aromatic nitrogens is 3. The van der Waals surface area contributed by atoms with Crippen LogP contribution in [0.5, 0.6) is 0 Å². The third-order valence-corrected chi connectivity index (χ3v) is 4.00. The average Bonchev–Trinajstić information content (AvgIpc) is 3.18. The quantitative estimate of drug-likeness (QED) is 0.607. The summed E-state index contributed by atoms with van der Waals surface area (Å²) in [4.78, 5) is 19.6. The minimum atomic E-state index is -0.369. The second-order valence-corrected chi connectivity index (χ2v) is 5.60. The van der Waals surface area contributed by atoms with Gasteiger partial charge in [0.05, 0.1) is 0 Å². The van der Waals surface area contributed by atoms with Gasteiger partial charge in [-0.05, 0) is 30.2 Å². The van der Waals surface area contributed by atoms with E-state index in [-0.39, 0.29) is 17.4 Å². The zero-order chi connectivity index (χ0) is 16.5. The first-order valence-corrected chi connectivity index (χ1v) is 7.68. The zero-order valence-electron chi connectivity index (χ0n) is 12.8. The lowest BCUT2D eigenvalue weighted by Crippen LogP contribution is -2.25. The maximum absolute atomic E-state index is 13.2. The van der Waals surface area contributed by atoms with Crippen molar-refractivity contribution in [2.24, 2.45) is 0 Å². The number of aromatic amines is 1. The summed E-state index contributed by atoms with van der Waals surface area (Å²) in [5.74, 6) is -0.634.